The Kier molecular flexibility index (Phi) is 15.5. The Balaban J connectivity index is 0.000000278. The lowest BCUT2D eigenvalue weighted by Gasteiger charge is -2.16. The van der Waals surface area contributed by atoms with Gasteiger partial charge >= 0.3 is 23.7 Å². The number of aromatic nitrogens is 4. The van der Waals surface area contributed by atoms with Crippen LogP contribution < -0.4 is 27.9 Å². The molecule has 0 saturated carbocycles. The van der Waals surface area contributed by atoms with Crippen LogP contribution in [-0.4, -0.2) is 37.2 Å². The molecule has 12 nitrogen and oxygen atoms in total. The molecule has 1 unspecified atom stereocenters. The maximum absolute atomic E-state index is 13.2. The summed E-state index contributed by atoms with van der Waals surface area (Å²) < 4.78 is 88.0. The largest absolute Gasteiger partial charge is 0.416 e. The van der Waals surface area contributed by atoms with E-state index in [1.807, 2.05) is 0 Å². The van der Waals surface area contributed by atoms with Crippen LogP contribution in [0.15, 0.2) is 97.1 Å². The molecule has 18 heteroatoms. The van der Waals surface area contributed by atoms with E-state index in [0.717, 1.165) is 42.5 Å². The Morgan fingerprint density at radius 2 is 1.23 bits per heavy atom. The summed E-state index contributed by atoms with van der Waals surface area (Å²) in [5.41, 5.74) is -0.389. The van der Waals surface area contributed by atoms with Gasteiger partial charge in [0.1, 0.15) is 17.2 Å². The van der Waals surface area contributed by atoms with Crippen LogP contribution in [0.25, 0.3) is 16.2 Å². The molecule has 322 valence electrons. The highest BCUT2D eigenvalue weighted by atomic mass is 19.4. The van der Waals surface area contributed by atoms with Crippen molar-refractivity contribution in [2.75, 3.05) is 12.0 Å². The Morgan fingerprint density at radius 1 is 0.758 bits per heavy atom. The van der Waals surface area contributed by atoms with Crippen molar-refractivity contribution in [1.82, 2.24) is 18.3 Å². The Hall–Kier alpha value is -7.36. The van der Waals surface area contributed by atoms with Crippen molar-refractivity contribution in [3.8, 4) is 35.1 Å². The van der Waals surface area contributed by atoms with E-state index in [2.05, 4.69) is 39.1 Å². The van der Waals surface area contributed by atoms with Crippen LogP contribution in [0.4, 0.5) is 37.7 Å². The molecule has 0 radical (unpaired) electrons. The summed E-state index contributed by atoms with van der Waals surface area (Å²) in [4.78, 5) is 54.4. The number of hydrogen-bond acceptors (Lipinski definition) is 7. The van der Waals surface area contributed by atoms with Crippen LogP contribution >= 0.6 is 0 Å². The summed E-state index contributed by atoms with van der Waals surface area (Å²) in [6, 6.07) is 15.2. The summed E-state index contributed by atoms with van der Waals surface area (Å²) in [6.45, 7) is 17.1. The molecule has 0 spiro atoms. The molecule has 0 amide bonds. The van der Waals surface area contributed by atoms with Gasteiger partial charge in [0.25, 0.3) is 11.1 Å². The van der Waals surface area contributed by atoms with E-state index in [4.69, 9.17) is 11.3 Å². The number of nitrogens with one attached hydrogen (secondary N) is 1. The smallest absolute Gasteiger partial charge is 0.366 e. The first kappa shape index (κ1) is 47.3. The lowest BCUT2D eigenvalue weighted by Crippen LogP contribution is -2.41. The van der Waals surface area contributed by atoms with E-state index in [9.17, 15) is 45.5 Å². The number of alkyl halides is 6. The number of halogens is 6. The fourth-order valence-electron chi connectivity index (χ4n) is 5.92. The third-order valence-electron chi connectivity index (χ3n) is 8.99. The predicted octanol–water partition coefficient (Wildman–Crippen LogP) is 7.47. The fraction of sp³-hybridized carbons (Fsp3) is 0.273. The molecular formula is C44H39F6N7O5. The molecule has 1 N–H and O–H groups in total. The first-order chi connectivity index (χ1) is 29.3. The fourth-order valence-corrected chi connectivity index (χ4v) is 5.92. The number of ether oxygens (including phenoxy) is 1. The predicted molar refractivity (Wildman–Crippen MR) is 223 cm³/mol. The van der Waals surface area contributed by atoms with Crippen molar-refractivity contribution in [2.45, 2.75) is 73.1 Å². The Labute approximate surface area is 351 Å². The molecule has 2 aromatic heterocycles. The number of rotatable bonds is 8. The molecule has 0 aliphatic rings. The second kappa shape index (κ2) is 20.3. The van der Waals surface area contributed by atoms with Gasteiger partial charge in [0, 0.05) is 31.1 Å². The number of benzene rings is 3. The van der Waals surface area contributed by atoms with E-state index in [1.165, 1.54) is 44.3 Å². The van der Waals surface area contributed by atoms with Crippen LogP contribution in [0.1, 0.15) is 61.3 Å². The van der Waals surface area contributed by atoms with Crippen LogP contribution in [0, 0.1) is 44.1 Å². The highest BCUT2D eigenvalue weighted by Crippen LogP contribution is 2.31. The van der Waals surface area contributed by atoms with Crippen LogP contribution in [0.3, 0.4) is 0 Å². The number of hydrazone groups is 1. The van der Waals surface area contributed by atoms with Crippen molar-refractivity contribution in [1.29, 1.82) is 0 Å². The summed E-state index contributed by atoms with van der Waals surface area (Å²) in [5.74, 6) is 10.8. The van der Waals surface area contributed by atoms with Gasteiger partial charge in [-0.2, -0.15) is 31.4 Å². The molecule has 0 bridgehead atoms. The van der Waals surface area contributed by atoms with Crippen molar-refractivity contribution in [2.24, 2.45) is 5.10 Å². The van der Waals surface area contributed by atoms with Gasteiger partial charge in [-0.25, -0.2) is 14.4 Å². The third-order valence-corrected chi connectivity index (χ3v) is 8.99. The summed E-state index contributed by atoms with van der Waals surface area (Å²) in [7, 11) is 0. The average molecular weight is 860 g/mol. The second-order valence-corrected chi connectivity index (χ2v) is 13.0. The van der Waals surface area contributed by atoms with Crippen molar-refractivity contribution >= 4 is 17.6 Å². The SMILES string of the molecule is CCOC(C)C#Cc1c(C)n(-c2cccc(C(F)(F)F)c2)c(=O)n(CC)c1=O.[C-]#[N+]c1ccc(N/N=C\C#Cc2c(C)n(-c3cccc(C(F)(F)F)c3)c(=O)n(CC)c2=O)cc1. The van der Waals surface area contributed by atoms with Crippen molar-refractivity contribution < 1.29 is 31.1 Å². The van der Waals surface area contributed by atoms with Gasteiger partial charge in [-0.15, -0.1) is 0 Å². The molecule has 0 aliphatic heterocycles. The van der Waals surface area contributed by atoms with E-state index < -0.39 is 52.1 Å². The van der Waals surface area contributed by atoms with E-state index >= 15 is 0 Å². The Morgan fingerprint density at radius 3 is 1.65 bits per heavy atom. The molecule has 3 aromatic carbocycles. The third kappa shape index (κ3) is 11.1. The number of anilines is 1. The molecule has 0 fully saturated rings. The average Bonchev–Trinajstić information content (AvgIpc) is 3.22. The van der Waals surface area contributed by atoms with E-state index in [-0.39, 0.29) is 47.0 Å². The molecule has 0 aliphatic carbocycles. The van der Waals surface area contributed by atoms with Crippen molar-refractivity contribution in [3.63, 3.8) is 0 Å². The molecule has 5 aromatic rings. The standard InChI is InChI=1S/C24H18F3N5O2.C20H21F3N2O3/c1-4-31-22(33)21(9-6-14-29-30-19-12-10-18(28-3)11-13-19)16(2)32(23(31)34)20-8-5-7-17(15-20)24(25,26)27;1-5-24-18(26)17(11-10-13(3)28-6-2)14(4)25(19(24)27)16-9-7-8-15(12-16)20(21,22)23/h5,7-8,10-15,30H,4H2,1-2H3;7-9,12-13H,5-6H2,1-4H3/b29-14-;. The quantitative estimate of drug-likeness (QED) is 0.0568. The monoisotopic (exact) mass is 859 g/mol. The molecular weight excluding hydrogens is 821 g/mol. The van der Waals surface area contributed by atoms with Crippen LogP contribution in [0.2, 0.25) is 0 Å². The normalized spacial score (nSPS) is 11.7. The maximum atomic E-state index is 13.2. The first-order valence-corrected chi connectivity index (χ1v) is 18.8. The van der Waals surface area contributed by atoms with Gasteiger partial charge in [-0.05, 0) is 96.0 Å². The number of hydrogen-bond donors (Lipinski definition) is 1. The van der Waals surface area contributed by atoms with Gasteiger partial charge in [-0.1, -0.05) is 42.0 Å². The summed E-state index contributed by atoms with van der Waals surface area (Å²) in [5, 5.41) is 3.92. The minimum Gasteiger partial charge on any atom is -0.366 e. The zero-order valence-corrected chi connectivity index (χ0v) is 34.2. The zero-order valence-electron chi connectivity index (χ0n) is 34.2. The van der Waals surface area contributed by atoms with Crippen molar-refractivity contribution in [3.05, 3.63) is 160 Å². The van der Waals surface area contributed by atoms with Crippen LogP contribution in [0.5, 0.6) is 0 Å². The van der Waals surface area contributed by atoms with Gasteiger partial charge in [0.15, 0.2) is 5.69 Å². The maximum Gasteiger partial charge on any atom is 0.416 e. The molecule has 0 saturated heterocycles. The lowest BCUT2D eigenvalue weighted by molar-refractivity contribution is -0.138. The highest BCUT2D eigenvalue weighted by Gasteiger charge is 2.32. The zero-order chi connectivity index (χ0) is 45.9. The minimum absolute atomic E-state index is 0.0143. The van der Waals surface area contributed by atoms with E-state index in [0.29, 0.717) is 18.0 Å². The van der Waals surface area contributed by atoms with Gasteiger partial charge in [-0.3, -0.25) is 33.3 Å². The molecule has 2 heterocycles. The van der Waals surface area contributed by atoms with E-state index in [1.54, 1.807) is 52.0 Å². The highest BCUT2D eigenvalue weighted by molar-refractivity contribution is 5.80. The summed E-state index contributed by atoms with van der Waals surface area (Å²) >= 11 is 0. The Bertz CT molecular complexity index is 2890. The number of nitrogens with zero attached hydrogens (tertiary/aromatic N) is 6. The van der Waals surface area contributed by atoms with Gasteiger partial charge in [0.05, 0.1) is 41.0 Å². The molecule has 1 atom stereocenters. The molecule has 5 rings (SSSR count). The summed E-state index contributed by atoms with van der Waals surface area (Å²) in [6.07, 6.45) is -8.37. The van der Waals surface area contributed by atoms with Gasteiger partial charge < -0.3 is 4.74 Å². The minimum atomic E-state index is -4.59. The molecule has 62 heavy (non-hydrogen) atoms. The lowest BCUT2D eigenvalue weighted by atomic mass is 10.1. The first-order valence-electron chi connectivity index (χ1n) is 18.8. The van der Waals surface area contributed by atoms with Gasteiger partial charge in [0.2, 0.25) is 0 Å². The van der Waals surface area contributed by atoms with Crippen LogP contribution in [-0.2, 0) is 30.2 Å². The topological polar surface area (TPSA) is 126 Å². The second-order valence-electron chi connectivity index (χ2n) is 13.0.